The van der Waals surface area contributed by atoms with Crippen molar-refractivity contribution < 1.29 is 22.3 Å². The van der Waals surface area contributed by atoms with Gasteiger partial charge >= 0.3 is 12.2 Å². The number of hydrogen-bond donors (Lipinski definition) is 3. The van der Waals surface area contributed by atoms with Gasteiger partial charge in [0.1, 0.15) is 11.6 Å². The van der Waals surface area contributed by atoms with Gasteiger partial charge in [0, 0.05) is 17.3 Å². The fourth-order valence-electron chi connectivity index (χ4n) is 2.63. The highest BCUT2D eigenvalue weighted by atomic mass is 35.5. The Kier molecular flexibility index (Phi) is 5.45. The standard InChI is InChI=1S/C19H13ClF3N7O2/c20-13-6-3-10(7-12(13)19(21,22)23)26-18-30-29-16(32-18)9-1-4-11(5-2-9)31-15-8-14(24)27-17(25)28-15/h1-8H,(H,26,30)(H4,24,25,27,28). The van der Waals surface area contributed by atoms with Gasteiger partial charge in [-0.05, 0) is 42.5 Å². The molecule has 0 unspecified atom stereocenters. The third-order valence-corrected chi connectivity index (χ3v) is 4.34. The Labute approximate surface area is 183 Å². The van der Waals surface area contributed by atoms with Crippen LogP contribution in [-0.4, -0.2) is 20.2 Å². The number of nitrogens with zero attached hydrogens (tertiary/aromatic N) is 4. The first-order valence-corrected chi connectivity index (χ1v) is 9.21. The molecule has 2 aromatic heterocycles. The molecule has 32 heavy (non-hydrogen) atoms. The summed E-state index contributed by atoms with van der Waals surface area (Å²) in [6.45, 7) is 0. The third-order valence-electron chi connectivity index (χ3n) is 4.01. The number of aromatic nitrogens is 4. The smallest absolute Gasteiger partial charge is 0.417 e. The van der Waals surface area contributed by atoms with Crippen LogP contribution in [0.2, 0.25) is 5.02 Å². The summed E-state index contributed by atoms with van der Waals surface area (Å²) in [7, 11) is 0. The molecule has 0 aliphatic rings. The highest BCUT2D eigenvalue weighted by Gasteiger charge is 2.33. The molecule has 0 fully saturated rings. The van der Waals surface area contributed by atoms with Crippen LogP contribution in [0.5, 0.6) is 11.6 Å². The van der Waals surface area contributed by atoms with E-state index in [1.54, 1.807) is 24.3 Å². The molecule has 0 radical (unpaired) electrons. The first-order valence-electron chi connectivity index (χ1n) is 8.83. The first kappa shape index (κ1) is 21.2. The summed E-state index contributed by atoms with van der Waals surface area (Å²) < 4.78 is 50.1. The minimum atomic E-state index is -4.60. The molecular formula is C19H13ClF3N7O2. The van der Waals surface area contributed by atoms with Gasteiger partial charge in [-0.3, -0.25) is 0 Å². The summed E-state index contributed by atoms with van der Waals surface area (Å²) in [6, 6.07) is 11.2. The fraction of sp³-hybridized carbons (Fsp3) is 0.0526. The summed E-state index contributed by atoms with van der Waals surface area (Å²) in [5.41, 5.74) is 10.8. The molecule has 0 saturated heterocycles. The molecule has 0 aliphatic heterocycles. The second-order valence-electron chi connectivity index (χ2n) is 6.35. The molecular weight excluding hydrogens is 451 g/mol. The minimum absolute atomic E-state index is 0.0226. The van der Waals surface area contributed by atoms with E-state index < -0.39 is 16.8 Å². The molecule has 0 spiro atoms. The molecule has 4 rings (SSSR count). The zero-order valence-electron chi connectivity index (χ0n) is 15.9. The van der Waals surface area contributed by atoms with Crippen molar-refractivity contribution in [2.45, 2.75) is 6.18 Å². The van der Waals surface area contributed by atoms with Crippen molar-refractivity contribution in [1.29, 1.82) is 0 Å². The Morgan fingerprint density at radius 1 is 0.969 bits per heavy atom. The Bertz CT molecular complexity index is 1240. The van der Waals surface area contributed by atoms with Gasteiger partial charge in [0.2, 0.25) is 17.7 Å². The molecule has 0 amide bonds. The normalized spacial score (nSPS) is 11.4. The van der Waals surface area contributed by atoms with Crippen molar-refractivity contribution in [3.63, 3.8) is 0 Å². The largest absolute Gasteiger partial charge is 0.439 e. The van der Waals surface area contributed by atoms with E-state index in [0.717, 1.165) is 12.1 Å². The second-order valence-corrected chi connectivity index (χ2v) is 6.75. The molecule has 2 aromatic carbocycles. The molecule has 0 atom stereocenters. The fourth-order valence-corrected chi connectivity index (χ4v) is 2.86. The minimum Gasteiger partial charge on any atom is -0.439 e. The number of nitrogens with two attached hydrogens (primary N) is 2. The van der Waals surface area contributed by atoms with Gasteiger partial charge in [-0.2, -0.15) is 23.1 Å². The predicted molar refractivity (Wildman–Crippen MR) is 110 cm³/mol. The Balaban J connectivity index is 1.48. The van der Waals surface area contributed by atoms with Crippen molar-refractivity contribution in [3.8, 4) is 23.1 Å². The van der Waals surface area contributed by atoms with Crippen LogP contribution in [0, 0.1) is 0 Å². The monoisotopic (exact) mass is 463 g/mol. The van der Waals surface area contributed by atoms with Gasteiger partial charge in [0.25, 0.3) is 0 Å². The van der Waals surface area contributed by atoms with Gasteiger partial charge in [-0.1, -0.05) is 16.7 Å². The molecule has 13 heteroatoms. The number of alkyl halides is 3. The SMILES string of the molecule is Nc1cc(Oc2ccc(-c3nnc(Nc4ccc(Cl)c(C(F)(F)F)c4)o3)cc2)nc(N)n1. The average Bonchev–Trinajstić information content (AvgIpc) is 3.17. The molecule has 0 aliphatic carbocycles. The van der Waals surface area contributed by atoms with Crippen LogP contribution in [-0.2, 0) is 6.18 Å². The lowest BCUT2D eigenvalue weighted by atomic mass is 10.2. The first-order chi connectivity index (χ1) is 15.2. The maximum atomic E-state index is 13.0. The topological polar surface area (TPSA) is 138 Å². The van der Waals surface area contributed by atoms with Crippen LogP contribution < -0.4 is 21.5 Å². The highest BCUT2D eigenvalue weighted by Crippen LogP contribution is 2.37. The third kappa shape index (κ3) is 4.81. The average molecular weight is 464 g/mol. The molecule has 4 aromatic rings. The van der Waals surface area contributed by atoms with E-state index in [9.17, 15) is 13.2 Å². The van der Waals surface area contributed by atoms with E-state index in [1.807, 2.05) is 0 Å². The molecule has 0 saturated carbocycles. The predicted octanol–water partition coefficient (Wildman–Crippen LogP) is 4.90. The Hall–Kier alpha value is -4.06. The maximum Gasteiger partial charge on any atom is 0.417 e. The summed E-state index contributed by atoms with van der Waals surface area (Å²) >= 11 is 5.62. The highest BCUT2D eigenvalue weighted by molar-refractivity contribution is 6.31. The lowest BCUT2D eigenvalue weighted by molar-refractivity contribution is -0.137. The van der Waals surface area contributed by atoms with Crippen LogP contribution in [0.4, 0.5) is 36.6 Å². The van der Waals surface area contributed by atoms with Gasteiger partial charge in [-0.25, -0.2) is 0 Å². The quantitative estimate of drug-likeness (QED) is 0.377. The number of hydrogen-bond acceptors (Lipinski definition) is 9. The van der Waals surface area contributed by atoms with Gasteiger partial charge in [-0.15, -0.1) is 5.10 Å². The number of nitrogen functional groups attached to an aromatic ring is 2. The summed E-state index contributed by atoms with van der Waals surface area (Å²) in [5, 5.41) is 9.89. The van der Waals surface area contributed by atoms with E-state index >= 15 is 0 Å². The van der Waals surface area contributed by atoms with Gasteiger partial charge in [0.15, 0.2) is 0 Å². The number of halogens is 4. The lowest BCUT2D eigenvalue weighted by Gasteiger charge is -2.10. The van der Waals surface area contributed by atoms with Crippen molar-refractivity contribution >= 4 is 35.1 Å². The van der Waals surface area contributed by atoms with Crippen LogP contribution >= 0.6 is 11.6 Å². The molecule has 164 valence electrons. The van der Waals surface area contributed by atoms with Crippen molar-refractivity contribution in [3.05, 3.63) is 59.1 Å². The van der Waals surface area contributed by atoms with Crippen LogP contribution in [0.3, 0.4) is 0 Å². The Morgan fingerprint density at radius 2 is 1.72 bits per heavy atom. The van der Waals surface area contributed by atoms with Crippen molar-refractivity contribution in [1.82, 2.24) is 20.2 Å². The maximum absolute atomic E-state index is 13.0. The van der Waals surface area contributed by atoms with E-state index in [4.69, 9.17) is 32.2 Å². The summed E-state index contributed by atoms with van der Waals surface area (Å²) in [5.74, 6) is 0.890. The molecule has 2 heterocycles. The Morgan fingerprint density at radius 3 is 2.41 bits per heavy atom. The summed E-state index contributed by atoms with van der Waals surface area (Å²) in [6.07, 6.45) is -4.60. The van der Waals surface area contributed by atoms with Gasteiger partial charge in [0.05, 0.1) is 10.6 Å². The number of anilines is 4. The second kappa shape index (κ2) is 8.23. The van der Waals surface area contributed by atoms with E-state index in [-0.39, 0.29) is 35.2 Å². The van der Waals surface area contributed by atoms with Crippen LogP contribution in [0.1, 0.15) is 5.56 Å². The number of nitrogens with one attached hydrogen (secondary N) is 1. The zero-order valence-corrected chi connectivity index (χ0v) is 16.6. The van der Waals surface area contributed by atoms with Gasteiger partial charge < -0.3 is 25.9 Å². The van der Waals surface area contributed by atoms with E-state index in [2.05, 4.69) is 25.5 Å². The molecule has 0 bridgehead atoms. The zero-order chi connectivity index (χ0) is 22.9. The van der Waals surface area contributed by atoms with Crippen LogP contribution in [0.15, 0.2) is 52.9 Å². The molecule has 5 N–H and O–H groups in total. The number of benzene rings is 2. The van der Waals surface area contributed by atoms with Crippen molar-refractivity contribution in [2.75, 3.05) is 16.8 Å². The van der Waals surface area contributed by atoms with Crippen molar-refractivity contribution in [2.24, 2.45) is 0 Å². The van der Waals surface area contributed by atoms with E-state index in [1.165, 1.54) is 12.1 Å². The molecule has 9 nitrogen and oxygen atoms in total. The number of rotatable bonds is 5. The van der Waals surface area contributed by atoms with Crippen LogP contribution in [0.25, 0.3) is 11.5 Å². The van der Waals surface area contributed by atoms with E-state index in [0.29, 0.717) is 11.3 Å². The summed E-state index contributed by atoms with van der Waals surface area (Å²) in [4.78, 5) is 7.67. The number of ether oxygens (including phenoxy) is 1. The lowest BCUT2D eigenvalue weighted by Crippen LogP contribution is -2.06.